The second-order valence-electron chi connectivity index (χ2n) is 7.61. The maximum absolute atomic E-state index is 12.2. The van der Waals surface area contributed by atoms with Crippen LogP contribution < -0.4 is 0 Å². The van der Waals surface area contributed by atoms with Gasteiger partial charge in [0.2, 0.25) is 0 Å². The molecule has 5 heteroatoms. The van der Waals surface area contributed by atoms with Gasteiger partial charge in [-0.05, 0) is 46.9 Å². The number of benzene rings is 1. The fourth-order valence-electron chi connectivity index (χ4n) is 2.83. The first-order chi connectivity index (χ1) is 12.3. The quantitative estimate of drug-likeness (QED) is 0.731. The van der Waals surface area contributed by atoms with Crippen molar-refractivity contribution >= 4 is 28.4 Å². The number of hydrogen-bond donors (Lipinski definition) is 0. The number of morpholine rings is 1. The van der Waals surface area contributed by atoms with E-state index in [2.05, 4.69) is 61.9 Å². The van der Waals surface area contributed by atoms with Crippen LogP contribution in [0.5, 0.6) is 0 Å². The normalized spacial score (nSPS) is 20.7. The summed E-state index contributed by atoms with van der Waals surface area (Å²) < 4.78 is 5.36. The monoisotopic (exact) mass is 370 g/mol. The van der Waals surface area contributed by atoms with Gasteiger partial charge in [0.15, 0.2) is 5.17 Å². The first-order valence-electron chi connectivity index (χ1n) is 8.98. The molecule has 0 spiro atoms. The number of amides is 1. The Morgan fingerprint density at radius 3 is 2.46 bits per heavy atom. The maximum Gasteiger partial charge on any atom is 0.286 e. The van der Waals surface area contributed by atoms with Crippen LogP contribution >= 0.6 is 11.8 Å². The molecule has 1 aromatic carbocycles. The van der Waals surface area contributed by atoms with Crippen LogP contribution in [-0.4, -0.2) is 42.3 Å². The lowest BCUT2D eigenvalue weighted by molar-refractivity contribution is -0.113. The first kappa shape index (κ1) is 18.9. The Kier molecular flexibility index (Phi) is 5.68. The highest BCUT2D eigenvalue weighted by Crippen LogP contribution is 2.30. The van der Waals surface area contributed by atoms with Gasteiger partial charge >= 0.3 is 0 Å². The molecule has 26 heavy (non-hydrogen) atoms. The number of allylic oxidation sites excluding steroid dienone is 3. The largest absolute Gasteiger partial charge is 0.378 e. The molecule has 2 aliphatic rings. The highest BCUT2D eigenvalue weighted by atomic mass is 32.2. The molecule has 2 heterocycles. The van der Waals surface area contributed by atoms with E-state index in [1.807, 2.05) is 12.2 Å². The number of rotatable bonds is 2. The van der Waals surface area contributed by atoms with Crippen LogP contribution in [0.2, 0.25) is 0 Å². The van der Waals surface area contributed by atoms with Gasteiger partial charge in [0, 0.05) is 13.1 Å². The third kappa shape index (κ3) is 4.46. The SMILES string of the molecule is C/C(=C/C=C1/SC(N2CCOCC2)=NC1=O)c1ccc(C(C)(C)C)cc1. The number of thioether (sulfide) groups is 1. The van der Waals surface area contributed by atoms with Crippen LogP contribution in [-0.2, 0) is 14.9 Å². The van der Waals surface area contributed by atoms with Crippen molar-refractivity contribution in [3.63, 3.8) is 0 Å². The van der Waals surface area contributed by atoms with Gasteiger partial charge in [-0.2, -0.15) is 4.99 Å². The van der Waals surface area contributed by atoms with Crippen molar-refractivity contribution in [1.82, 2.24) is 4.90 Å². The van der Waals surface area contributed by atoms with Gasteiger partial charge in [0.25, 0.3) is 5.91 Å². The molecule has 138 valence electrons. The lowest BCUT2D eigenvalue weighted by Gasteiger charge is -2.27. The lowest BCUT2D eigenvalue weighted by Crippen LogP contribution is -2.38. The molecular formula is C21H26N2O2S. The fraction of sp³-hybridized carbons (Fsp3) is 0.429. The lowest BCUT2D eigenvalue weighted by atomic mass is 9.86. The fourth-order valence-corrected chi connectivity index (χ4v) is 3.74. The highest BCUT2D eigenvalue weighted by Gasteiger charge is 2.26. The summed E-state index contributed by atoms with van der Waals surface area (Å²) in [7, 11) is 0. The van der Waals surface area contributed by atoms with E-state index in [4.69, 9.17) is 4.74 Å². The van der Waals surface area contributed by atoms with Gasteiger partial charge in [0.1, 0.15) is 0 Å². The molecule has 2 aliphatic heterocycles. The standard InChI is InChI=1S/C21H26N2O2S/c1-15(16-6-8-17(9-7-16)21(2,3)4)5-10-18-19(24)22-20(26-18)23-11-13-25-14-12-23/h5-10H,11-14H2,1-4H3/b15-5-,18-10+. The minimum atomic E-state index is -0.149. The summed E-state index contributed by atoms with van der Waals surface area (Å²) in [4.78, 5) is 19.2. The molecule has 1 fully saturated rings. The number of amidine groups is 1. The number of hydrogen-bond acceptors (Lipinski definition) is 4. The summed E-state index contributed by atoms with van der Waals surface area (Å²) >= 11 is 1.46. The van der Waals surface area contributed by atoms with Crippen LogP contribution in [0.1, 0.15) is 38.8 Å². The Morgan fingerprint density at radius 2 is 1.85 bits per heavy atom. The zero-order chi connectivity index (χ0) is 18.7. The van der Waals surface area contributed by atoms with E-state index < -0.39 is 0 Å². The van der Waals surface area contributed by atoms with Crippen LogP contribution in [0.25, 0.3) is 5.57 Å². The van der Waals surface area contributed by atoms with E-state index in [0.717, 1.165) is 23.8 Å². The van der Waals surface area contributed by atoms with Crippen LogP contribution in [0.4, 0.5) is 0 Å². The van der Waals surface area contributed by atoms with Gasteiger partial charge in [-0.15, -0.1) is 0 Å². The summed E-state index contributed by atoms with van der Waals surface area (Å²) in [6.07, 6.45) is 3.89. The van der Waals surface area contributed by atoms with Crippen LogP contribution in [0.15, 0.2) is 46.3 Å². The van der Waals surface area contributed by atoms with E-state index in [0.29, 0.717) is 18.1 Å². The van der Waals surface area contributed by atoms with Crippen molar-refractivity contribution in [3.05, 3.63) is 52.4 Å². The minimum Gasteiger partial charge on any atom is -0.378 e. The topological polar surface area (TPSA) is 41.9 Å². The van der Waals surface area contributed by atoms with Gasteiger partial charge in [0.05, 0.1) is 18.1 Å². The van der Waals surface area contributed by atoms with Gasteiger partial charge in [-0.25, -0.2) is 0 Å². The predicted octanol–water partition coefficient (Wildman–Crippen LogP) is 4.23. The second-order valence-corrected chi connectivity index (χ2v) is 8.62. The Hall–Kier alpha value is -1.85. The zero-order valence-corrected chi connectivity index (χ0v) is 16.7. The molecule has 4 nitrogen and oxygen atoms in total. The van der Waals surface area contributed by atoms with E-state index in [1.165, 1.54) is 22.9 Å². The summed E-state index contributed by atoms with van der Waals surface area (Å²) in [5.41, 5.74) is 3.77. The summed E-state index contributed by atoms with van der Waals surface area (Å²) in [5.74, 6) is -0.149. The predicted molar refractivity (Wildman–Crippen MR) is 109 cm³/mol. The number of carbonyl (C=O) groups is 1. The molecule has 1 saturated heterocycles. The Balaban J connectivity index is 1.69. The number of ether oxygens (including phenoxy) is 1. The Morgan fingerprint density at radius 1 is 1.19 bits per heavy atom. The van der Waals surface area contributed by atoms with Crippen molar-refractivity contribution in [2.24, 2.45) is 4.99 Å². The van der Waals surface area contributed by atoms with Crippen molar-refractivity contribution < 1.29 is 9.53 Å². The molecular weight excluding hydrogens is 344 g/mol. The van der Waals surface area contributed by atoms with Gasteiger partial charge < -0.3 is 9.64 Å². The van der Waals surface area contributed by atoms with E-state index in [1.54, 1.807) is 0 Å². The minimum absolute atomic E-state index is 0.149. The van der Waals surface area contributed by atoms with E-state index in [-0.39, 0.29) is 11.3 Å². The summed E-state index contributed by atoms with van der Waals surface area (Å²) in [6.45, 7) is 11.7. The number of nitrogens with zero attached hydrogens (tertiary/aromatic N) is 2. The molecule has 0 radical (unpaired) electrons. The average molecular weight is 371 g/mol. The van der Waals surface area contributed by atoms with E-state index >= 15 is 0 Å². The third-order valence-electron chi connectivity index (χ3n) is 4.58. The third-order valence-corrected chi connectivity index (χ3v) is 5.64. The summed E-state index contributed by atoms with van der Waals surface area (Å²) in [6, 6.07) is 8.64. The molecule has 0 aliphatic carbocycles. The van der Waals surface area contributed by atoms with Crippen LogP contribution in [0.3, 0.4) is 0 Å². The molecule has 0 bridgehead atoms. The molecule has 0 unspecified atom stereocenters. The van der Waals surface area contributed by atoms with E-state index in [9.17, 15) is 4.79 Å². The summed E-state index contributed by atoms with van der Waals surface area (Å²) in [5, 5.41) is 0.796. The molecule has 1 amide bonds. The Labute approximate surface area is 160 Å². The molecule has 0 atom stereocenters. The second kappa shape index (κ2) is 7.80. The van der Waals surface area contributed by atoms with Crippen molar-refractivity contribution in [1.29, 1.82) is 0 Å². The maximum atomic E-state index is 12.2. The van der Waals surface area contributed by atoms with Gasteiger partial charge in [-0.3, -0.25) is 4.79 Å². The highest BCUT2D eigenvalue weighted by molar-refractivity contribution is 8.18. The number of carbonyl (C=O) groups excluding carboxylic acids is 1. The molecule has 1 aromatic rings. The van der Waals surface area contributed by atoms with Crippen molar-refractivity contribution in [2.45, 2.75) is 33.1 Å². The number of aliphatic imine (C=N–C) groups is 1. The molecule has 0 saturated carbocycles. The first-order valence-corrected chi connectivity index (χ1v) is 9.79. The van der Waals surface area contributed by atoms with Crippen LogP contribution in [0, 0.1) is 0 Å². The molecule has 0 N–H and O–H groups in total. The zero-order valence-electron chi connectivity index (χ0n) is 15.9. The van der Waals surface area contributed by atoms with Crippen molar-refractivity contribution in [3.8, 4) is 0 Å². The molecule has 3 rings (SSSR count). The Bertz CT molecular complexity index is 764. The average Bonchev–Trinajstić information content (AvgIpc) is 3.00. The van der Waals surface area contributed by atoms with Crippen molar-refractivity contribution in [2.75, 3.05) is 26.3 Å². The van der Waals surface area contributed by atoms with Gasteiger partial charge in [-0.1, -0.05) is 51.1 Å². The smallest absolute Gasteiger partial charge is 0.286 e. The molecule has 0 aromatic heterocycles.